The predicted octanol–water partition coefficient (Wildman–Crippen LogP) is 4.63. The van der Waals surface area contributed by atoms with Crippen molar-refractivity contribution in [2.24, 2.45) is 11.0 Å². The molecule has 2 aromatic rings. The highest BCUT2D eigenvalue weighted by molar-refractivity contribution is 6.38. The zero-order chi connectivity index (χ0) is 16.6. The van der Waals surface area contributed by atoms with Crippen LogP contribution in [0.5, 0.6) is 0 Å². The van der Waals surface area contributed by atoms with Gasteiger partial charge < -0.3 is 5.11 Å². The van der Waals surface area contributed by atoms with Crippen LogP contribution in [-0.4, -0.2) is 16.8 Å². The highest BCUT2D eigenvalue weighted by Crippen LogP contribution is 2.41. The van der Waals surface area contributed by atoms with Gasteiger partial charge in [-0.05, 0) is 29.8 Å². The highest BCUT2D eigenvalue weighted by atomic mass is 35.5. The Morgan fingerprint density at radius 1 is 1.13 bits per heavy atom. The van der Waals surface area contributed by atoms with E-state index in [0.29, 0.717) is 15.7 Å². The number of para-hydroxylation sites is 1. The number of hydrogen-bond donors (Lipinski definition) is 1. The molecule has 2 aromatic carbocycles. The molecule has 0 saturated carbocycles. The van der Waals surface area contributed by atoms with E-state index in [4.69, 9.17) is 23.2 Å². The molecule has 1 N–H and O–H groups in total. The Bertz CT molecular complexity index is 774. The number of anilines is 1. The maximum absolute atomic E-state index is 11.5. The first-order chi connectivity index (χ1) is 11.0. The number of nitrogens with zero attached hydrogens (tertiary/aromatic N) is 2. The maximum atomic E-state index is 11.5. The fraction of sp³-hybridized carbons (Fsp3) is 0.176. The number of carboxylic acids is 1. The third-order valence-corrected chi connectivity index (χ3v) is 4.49. The van der Waals surface area contributed by atoms with Gasteiger partial charge in [0.1, 0.15) is 0 Å². The Morgan fingerprint density at radius 3 is 2.39 bits per heavy atom. The second-order valence-corrected chi connectivity index (χ2v) is 6.22. The van der Waals surface area contributed by atoms with Crippen LogP contribution in [-0.2, 0) is 4.79 Å². The molecule has 1 aliphatic rings. The lowest BCUT2D eigenvalue weighted by Crippen LogP contribution is -2.26. The largest absolute Gasteiger partial charge is 0.477 e. The molecule has 0 bridgehead atoms. The minimum absolute atomic E-state index is 0.116. The van der Waals surface area contributed by atoms with Crippen LogP contribution in [0.15, 0.2) is 53.6 Å². The van der Waals surface area contributed by atoms with Gasteiger partial charge in [-0.3, -0.25) is 5.01 Å². The van der Waals surface area contributed by atoms with E-state index in [0.717, 1.165) is 5.56 Å². The van der Waals surface area contributed by atoms with Gasteiger partial charge in [-0.2, -0.15) is 5.10 Å². The summed E-state index contributed by atoms with van der Waals surface area (Å²) in [5, 5.41) is 16.6. The fourth-order valence-corrected chi connectivity index (χ4v) is 3.15. The third-order valence-electron chi connectivity index (χ3n) is 3.91. The minimum Gasteiger partial charge on any atom is -0.477 e. The van der Waals surface area contributed by atoms with Gasteiger partial charge in [0.2, 0.25) is 0 Å². The molecule has 0 spiro atoms. The number of benzene rings is 2. The number of rotatable bonds is 3. The van der Waals surface area contributed by atoms with E-state index >= 15 is 0 Å². The smallest absolute Gasteiger partial charge is 0.352 e. The molecule has 23 heavy (non-hydrogen) atoms. The average Bonchev–Trinajstić information content (AvgIpc) is 2.86. The predicted molar refractivity (Wildman–Crippen MR) is 92.4 cm³/mol. The van der Waals surface area contributed by atoms with Crippen LogP contribution in [0.25, 0.3) is 0 Å². The average molecular weight is 349 g/mol. The summed E-state index contributed by atoms with van der Waals surface area (Å²) < 4.78 is 0. The Hall–Kier alpha value is -2.04. The van der Waals surface area contributed by atoms with Crippen LogP contribution in [0.2, 0.25) is 10.0 Å². The van der Waals surface area contributed by atoms with Gasteiger partial charge in [-0.25, -0.2) is 4.79 Å². The highest BCUT2D eigenvalue weighted by Gasteiger charge is 2.39. The van der Waals surface area contributed by atoms with Gasteiger partial charge >= 0.3 is 5.97 Å². The van der Waals surface area contributed by atoms with Crippen LogP contribution in [0.3, 0.4) is 0 Å². The van der Waals surface area contributed by atoms with Crippen molar-refractivity contribution in [3.63, 3.8) is 0 Å². The monoisotopic (exact) mass is 348 g/mol. The molecule has 0 aliphatic carbocycles. The third kappa shape index (κ3) is 2.92. The Morgan fingerprint density at radius 2 is 1.78 bits per heavy atom. The van der Waals surface area contributed by atoms with Crippen LogP contribution in [0.1, 0.15) is 18.5 Å². The number of aliphatic carboxylic acids is 1. The van der Waals surface area contributed by atoms with Crippen molar-refractivity contribution in [2.45, 2.75) is 13.0 Å². The van der Waals surface area contributed by atoms with Gasteiger partial charge in [-0.1, -0.05) is 54.4 Å². The molecular weight excluding hydrogens is 335 g/mol. The molecule has 118 valence electrons. The molecule has 1 heterocycles. The molecule has 0 aromatic heterocycles. The summed E-state index contributed by atoms with van der Waals surface area (Å²) in [5.41, 5.74) is 1.73. The van der Waals surface area contributed by atoms with E-state index in [1.165, 1.54) is 0 Å². The molecule has 0 amide bonds. The lowest BCUT2D eigenvalue weighted by Gasteiger charge is -2.27. The second kappa shape index (κ2) is 6.22. The SMILES string of the molecule is CC1C(C(=O)O)=NN(c2ccccc2Cl)C1c1ccc(Cl)cc1. The molecule has 0 fully saturated rings. The number of hydrazone groups is 1. The van der Waals surface area contributed by atoms with Crippen LogP contribution < -0.4 is 5.01 Å². The Balaban J connectivity index is 2.10. The molecule has 0 radical (unpaired) electrons. The van der Waals surface area contributed by atoms with E-state index in [1.807, 2.05) is 37.3 Å². The molecule has 4 nitrogen and oxygen atoms in total. The molecule has 3 rings (SSSR count). The van der Waals surface area contributed by atoms with Gasteiger partial charge in [0.05, 0.1) is 16.8 Å². The summed E-state index contributed by atoms with van der Waals surface area (Å²) in [6.45, 7) is 1.85. The number of hydrogen-bond acceptors (Lipinski definition) is 3. The minimum atomic E-state index is -1.02. The van der Waals surface area contributed by atoms with Crippen molar-refractivity contribution < 1.29 is 9.90 Å². The van der Waals surface area contributed by atoms with Crippen molar-refractivity contribution in [1.29, 1.82) is 0 Å². The Kier molecular flexibility index (Phi) is 4.28. The summed E-state index contributed by atoms with van der Waals surface area (Å²) in [4.78, 5) is 11.5. The van der Waals surface area contributed by atoms with Crippen LogP contribution in [0, 0.1) is 5.92 Å². The van der Waals surface area contributed by atoms with E-state index in [-0.39, 0.29) is 17.7 Å². The van der Waals surface area contributed by atoms with E-state index in [1.54, 1.807) is 23.2 Å². The van der Waals surface area contributed by atoms with Gasteiger partial charge in [0, 0.05) is 10.9 Å². The van der Waals surface area contributed by atoms with Gasteiger partial charge in [0.15, 0.2) is 5.71 Å². The van der Waals surface area contributed by atoms with Crippen molar-refractivity contribution in [3.05, 3.63) is 64.1 Å². The van der Waals surface area contributed by atoms with E-state index in [9.17, 15) is 9.90 Å². The summed E-state index contributed by atoms with van der Waals surface area (Å²) in [5.74, 6) is -1.31. The first-order valence-corrected chi connectivity index (χ1v) is 7.85. The number of carbonyl (C=O) groups is 1. The van der Waals surface area contributed by atoms with Crippen molar-refractivity contribution in [3.8, 4) is 0 Å². The summed E-state index contributed by atoms with van der Waals surface area (Å²) in [6, 6.07) is 14.3. The van der Waals surface area contributed by atoms with Crippen LogP contribution in [0.4, 0.5) is 5.69 Å². The number of carboxylic acid groups (broad SMARTS) is 1. The van der Waals surface area contributed by atoms with Crippen LogP contribution >= 0.6 is 23.2 Å². The first-order valence-electron chi connectivity index (χ1n) is 7.10. The number of halogens is 2. The second-order valence-electron chi connectivity index (χ2n) is 5.37. The van der Waals surface area contributed by atoms with Gasteiger partial charge in [-0.15, -0.1) is 0 Å². The maximum Gasteiger partial charge on any atom is 0.352 e. The van der Waals surface area contributed by atoms with E-state index in [2.05, 4.69) is 5.10 Å². The standard InChI is InChI=1S/C17H14Cl2N2O2/c1-10-15(17(22)23)20-21(14-5-3-2-4-13(14)19)16(10)11-6-8-12(18)9-7-11/h2-10,16H,1H3,(H,22,23). The zero-order valence-electron chi connectivity index (χ0n) is 12.3. The fourth-order valence-electron chi connectivity index (χ4n) is 2.80. The summed E-state index contributed by atoms with van der Waals surface area (Å²) in [7, 11) is 0. The quantitative estimate of drug-likeness (QED) is 0.879. The normalized spacial score (nSPS) is 20.5. The van der Waals surface area contributed by atoms with E-state index < -0.39 is 5.97 Å². The zero-order valence-corrected chi connectivity index (χ0v) is 13.8. The Labute approximate surface area is 143 Å². The lowest BCUT2D eigenvalue weighted by molar-refractivity contribution is -0.129. The first kappa shape index (κ1) is 15.8. The molecule has 1 aliphatic heterocycles. The molecule has 2 atom stereocenters. The molecule has 6 heteroatoms. The van der Waals surface area contributed by atoms with Crippen molar-refractivity contribution in [1.82, 2.24) is 0 Å². The molecule has 2 unspecified atom stereocenters. The topological polar surface area (TPSA) is 52.9 Å². The van der Waals surface area contributed by atoms with Crippen molar-refractivity contribution >= 4 is 40.6 Å². The molecular formula is C17H14Cl2N2O2. The summed E-state index contributed by atoms with van der Waals surface area (Å²) in [6.07, 6.45) is 0. The van der Waals surface area contributed by atoms with Gasteiger partial charge in [0.25, 0.3) is 0 Å². The summed E-state index contributed by atoms with van der Waals surface area (Å²) >= 11 is 12.2. The van der Waals surface area contributed by atoms with Crippen molar-refractivity contribution in [2.75, 3.05) is 5.01 Å². The lowest BCUT2D eigenvalue weighted by atomic mass is 9.91. The molecule has 0 saturated heterocycles.